The SMILES string of the molecule is OCC(CN1CCNCC1)c1ccc(Br)cc1. The van der Waals surface area contributed by atoms with Gasteiger partial charge in [-0.2, -0.15) is 0 Å². The molecule has 0 bridgehead atoms. The Bertz CT molecular complexity index is 336. The molecule has 0 aliphatic carbocycles. The van der Waals surface area contributed by atoms with Gasteiger partial charge in [0.2, 0.25) is 0 Å². The van der Waals surface area contributed by atoms with Crippen LogP contribution in [0, 0.1) is 0 Å². The number of hydrogen-bond donors (Lipinski definition) is 2. The average Bonchev–Trinajstić information content (AvgIpc) is 2.38. The Hall–Kier alpha value is -0.420. The Kier molecular flexibility index (Phi) is 4.98. The minimum atomic E-state index is 0.214. The molecule has 94 valence electrons. The van der Waals surface area contributed by atoms with E-state index >= 15 is 0 Å². The molecule has 1 saturated heterocycles. The standard InChI is InChI=1S/C13H19BrN2O/c14-13-3-1-11(2-4-13)12(10-17)9-16-7-5-15-6-8-16/h1-4,12,15,17H,5-10H2. The Labute approximate surface area is 111 Å². The highest BCUT2D eigenvalue weighted by atomic mass is 79.9. The molecule has 0 saturated carbocycles. The van der Waals surface area contributed by atoms with E-state index in [1.165, 1.54) is 5.56 Å². The van der Waals surface area contributed by atoms with Gasteiger partial charge in [0.05, 0.1) is 6.61 Å². The smallest absolute Gasteiger partial charge is 0.0512 e. The highest BCUT2D eigenvalue weighted by molar-refractivity contribution is 9.10. The third-order valence-corrected chi connectivity index (χ3v) is 3.78. The van der Waals surface area contributed by atoms with Crippen molar-refractivity contribution in [2.45, 2.75) is 5.92 Å². The summed E-state index contributed by atoms with van der Waals surface area (Å²) in [5.41, 5.74) is 1.22. The molecule has 1 aliphatic heterocycles. The molecule has 0 radical (unpaired) electrons. The molecule has 1 heterocycles. The van der Waals surface area contributed by atoms with Gasteiger partial charge >= 0.3 is 0 Å². The zero-order chi connectivity index (χ0) is 12.1. The van der Waals surface area contributed by atoms with Crippen LogP contribution in [0.15, 0.2) is 28.7 Å². The monoisotopic (exact) mass is 298 g/mol. The summed E-state index contributed by atoms with van der Waals surface area (Å²) < 4.78 is 1.08. The topological polar surface area (TPSA) is 35.5 Å². The van der Waals surface area contributed by atoms with Crippen LogP contribution in [-0.2, 0) is 0 Å². The number of nitrogens with zero attached hydrogens (tertiary/aromatic N) is 1. The summed E-state index contributed by atoms with van der Waals surface area (Å²) in [6.45, 7) is 5.42. The lowest BCUT2D eigenvalue weighted by Gasteiger charge is -2.30. The molecule has 1 atom stereocenters. The van der Waals surface area contributed by atoms with Gasteiger partial charge in [-0.25, -0.2) is 0 Å². The maximum Gasteiger partial charge on any atom is 0.0512 e. The molecule has 4 heteroatoms. The molecule has 0 aromatic heterocycles. The van der Waals surface area contributed by atoms with E-state index in [1.54, 1.807) is 0 Å². The van der Waals surface area contributed by atoms with Crippen molar-refractivity contribution in [2.24, 2.45) is 0 Å². The second-order valence-electron chi connectivity index (χ2n) is 4.48. The maximum absolute atomic E-state index is 9.53. The van der Waals surface area contributed by atoms with Crippen LogP contribution in [0.5, 0.6) is 0 Å². The Morgan fingerprint density at radius 1 is 1.24 bits per heavy atom. The van der Waals surface area contributed by atoms with Gasteiger partial charge < -0.3 is 15.3 Å². The Balaban J connectivity index is 1.97. The lowest BCUT2D eigenvalue weighted by molar-refractivity contribution is 0.185. The van der Waals surface area contributed by atoms with Crippen LogP contribution >= 0.6 is 15.9 Å². The summed E-state index contributed by atoms with van der Waals surface area (Å²) in [6.07, 6.45) is 0. The normalized spacial score (nSPS) is 19.2. The molecule has 0 spiro atoms. The second-order valence-corrected chi connectivity index (χ2v) is 5.40. The number of nitrogens with one attached hydrogen (secondary N) is 1. The number of rotatable bonds is 4. The molecule has 1 fully saturated rings. The lowest BCUT2D eigenvalue weighted by atomic mass is 9.99. The Morgan fingerprint density at radius 2 is 1.88 bits per heavy atom. The van der Waals surface area contributed by atoms with Crippen LogP contribution in [0.25, 0.3) is 0 Å². The van der Waals surface area contributed by atoms with Crippen molar-refractivity contribution < 1.29 is 5.11 Å². The molecule has 0 amide bonds. The number of piperazine rings is 1. The first-order valence-electron chi connectivity index (χ1n) is 6.09. The summed E-state index contributed by atoms with van der Waals surface area (Å²) in [5, 5.41) is 12.9. The van der Waals surface area contributed by atoms with Crippen molar-refractivity contribution in [3.05, 3.63) is 34.3 Å². The predicted octanol–water partition coefficient (Wildman–Crippen LogP) is 1.43. The zero-order valence-electron chi connectivity index (χ0n) is 9.90. The van der Waals surface area contributed by atoms with E-state index < -0.39 is 0 Å². The highest BCUT2D eigenvalue weighted by Gasteiger charge is 2.17. The fraction of sp³-hybridized carbons (Fsp3) is 0.538. The summed E-state index contributed by atoms with van der Waals surface area (Å²) in [4.78, 5) is 2.42. The first kappa shape index (κ1) is 13.0. The molecule has 1 aromatic rings. The van der Waals surface area contributed by atoms with Crippen molar-refractivity contribution in [2.75, 3.05) is 39.3 Å². The fourth-order valence-electron chi connectivity index (χ4n) is 2.21. The van der Waals surface area contributed by atoms with E-state index in [2.05, 4.69) is 38.3 Å². The van der Waals surface area contributed by atoms with Gasteiger partial charge in [-0.1, -0.05) is 28.1 Å². The minimum absolute atomic E-state index is 0.214. The number of aliphatic hydroxyl groups is 1. The second kappa shape index (κ2) is 6.50. The summed E-state index contributed by atoms with van der Waals surface area (Å²) in [7, 11) is 0. The molecule has 1 aromatic carbocycles. The van der Waals surface area contributed by atoms with Gasteiger partial charge in [-0.3, -0.25) is 0 Å². The predicted molar refractivity (Wildman–Crippen MR) is 73.3 cm³/mol. The molecular weight excluding hydrogens is 280 g/mol. The van der Waals surface area contributed by atoms with Crippen LogP contribution < -0.4 is 5.32 Å². The van der Waals surface area contributed by atoms with E-state index in [0.29, 0.717) is 0 Å². The molecule has 17 heavy (non-hydrogen) atoms. The van der Waals surface area contributed by atoms with Crippen LogP contribution in [0.3, 0.4) is 0 Å². The van der Waals surface area contributed by atoms with Crippen molar-refractivity contribution >= 4 is 15.9 Å². The third-order valence-electron chi connectivity index (χ3n) is 3.25. The molecule has 2 N–H and O–H groups in total. The van der Waals surface area contributed by atoms with Gasteiger partial charge in [-0.15, -0.1) is 0 Å². The van der Waals surface area contributed by atoms with Crippen LogP contribution in [0.1, 0.15) is 11.5 Å². The first-order valence-corrected chi connectivity index (χ1v) is 6.88. The van der Waals surface area contributed by atoms with E-state index in [-0.39, 0.29) is 12.5 Å². The van der Waals surface area contributed by atoms with Gasteiger partial charge in [0.1, 0.15) is 0 Å². The summed E-state index contributed by atoms with van der Waals surface area (Å²) >= 11 is 3.43. The molecule has 3 nitrogen and oxygen atoms in total. The quantitative estimate of drug-likeness (QED) is 0.883. The molecule has 2 rings (SSSR count). The third kappa shape index (κ3) is 3.78. The highest BCUT2D eigenvalue weighted by Crippen LogP contribution is 2.19. The van der Waals surface area contributed by atoms with Crippen molar-refractivity contribution in [3.8, 4) is 0 Å². The molecular formula is C13H19BrN2O. The largest absolute Gasteiger partial charge is 0.396 e. The van der Waals surface area contributed by atoms with Crippen LogP contribution in [0.2, 0.25) is 0 Å². The summed E-state index contributed by atoms with van der Waals surface area (Å²) in [5.74, 6) is 0.223. The number of halogens is 1. The first-order chi connectivity index (χ1) is 8.29. The Morgan fingerprint density at radius 3 is 2.47 bits per heavy atom. The summed E-state index contributed by atoms with van der Waals surface area (Å²) in [6, 6.07) is 8.26. The minimum Gasteiger partial charge on any atom is -0.396 e. The van der Waals surface area contributed by atoms with Gasteiger partial charge in [-0.05, 0) is 17.7 Å². The zero-order valence-corrected chi connectivity index (χ0v) is 11.5. The van der Waals surface area contributed by atoms with E-state index in [9.17, 15) is 5.11 Å². The van der Waals surface area contributed by atoms with Gasteiger partial charge in [0.15, 0.2) is 0 Å². The molecule has 1 unspecified atom stereocenters. The number of aliphatic hydroxyl groups excluding tert-OH is 1. The van der Waals surface area contributed by atoms with Crippen molar-refractivity contribution in [3.63, 3.8) is 0 Å². The van der Waals surface area contributed by atoms with Crippen molar-refractivity contribution in [1.29, 1.82) is 0 Å². The maximum atomic E-state index is 9.53. The van der Waals surface area contributed by atoms with Crippen LogP contribution in [-0.4, -0.2) is 49.3 Å². The molecule has 1 aliphatic rings. The van der Waals surface area contributed by atoms with Crippen molar-refractivity contribution in [1.82, 2.24) is 10.2 Å². The number of hydrogen-bond acceptors (Lipinski definition) is 3. The average molecular weight is 299 g/mol. The fourth-order valence-corrected chi connectivity index (χ4v) is 2.47. The van der Waals surface area contributed by atoms with E-state index in [0.717, 1.165) is 37.2 Å². The van der Waals surface area contributed by atoms with Gasteiger partial charge in [0.25, 0.3) is 0 Å². The van der Waals surface area contributed by atoms with E-state index in [4.69, 9.17) is 0 Å². The van der Waals surface area contributed by atoms with Gasteiger partial charge in [0, 0.05) is 43.1 Å². The lowest BCUT2D eigenvalue weighted by Crippen LogP contribution is -2.45. The van der Waals surface area contributed by atoms with Crippen LogP contribution in [0.4, 0.5) is 0 Å². The number of benzene rings is 1. The van der Waals surface area contributed by atoms with E-state index in [1.807, 2.05) is 12.1 Å².